The molecule has 0 aliphatic rings. The summed E-state index contributed by atoms with van der Waals surface area (Å²) < 4.78 is 10.9. The third-order valence-corrected chi connectivity index (χ3v) is 2.42. The highest BCUT2D eigenvalue weighted by Gasteiger charge is 2.12. The molecule has 4 heteroatoms. The number of methoxy groups -OCH3 is 1. The van der Waals surface area contributed by atoms with Gasteiger partial charge in [-0.3, -0.25) is 0 Å². The fourth-order valence-corrected chi connectivity index (χ4v) is 1.50. The van der Waals surface area contributed by atoms with Gasteiger partial charge in [0, 0.05) is 0 Å². The highest BCUT2D eigenvalue weighted by Crippen LogP contribution is 2.21. The lowest BCUT2D eigenvalue weighted by Crippen LogP contribution is -2.19. The molecule has 2 N–H and O–H groups in total. The Morgan fingerprint density at radius 3 is 2.47 bits per heavy atom. The minimum Gasteiger partial charge on any atom is -0.496 e. The standard InChI is InChI=1S/C13H19NO2S/c1-13(2,3)16-8-9-5-6-11(15-4)10(7-9)12(14)17/h5-7H,8H2,1-4H3,(H2,14,17). The van der Waals surface area contributed by atoms with Crippen molar-refractivity contribution in [3.8, 4) is 5.75 Å². The van der Waals surface area contributed by atoms with Crippen LogP contribution < -0.4 is 10.5 Å². The molecular weight excluding hydrogens is 234 g/mol. The zero-order chi connectivity index (χ0) is 13.1. The van der Waals surface area contributed by atoms with E-state index in [0.717, 1.165) is 11.1 Å². The first kappa shape index (κ1) is 13.9. The molecule has 0 saturated carbocycles. The van der Waals surface area contributed by atoms with Gasteiger partial charge >= 0.3 is 0 Å². The van der Waals surface area contributed by atoms with Crippen molar-refractivity contribution in [2.75, 3.05) is 7.11 Å². The zero-order valence-electron chi connectivity index (χ0n) is 10.7. The van der Waals surface area contributed by atoms with E-state index >= 15 is 0 Å². The van der Waals surface area contributed by atoms with Crippen LogP contribution in [0, 0.1) is 0 Å². The number of nitrogens with two attached hydrogens (primary N) is 1. The molecule has 0 aromatic heterocycles. The van der Waals surface area contributed by atoms with E-state index in [0.29, 0.717) is 17.3 Å². The van der Waals surface area contributed by atoms with Crippen molar-refractivity contribution in [2.45, 2.75) is 33.0 Å². The Morgan fingerprint density at radius 2 is 2.00 bits per heavy atom. The minimum absolute atomic E-state index is 0.163. The van der Waals surface area contributed by atoms with Gasteiger partial charge in [-0.25, -0.2) is 0 Å². The Kier molecular flexibility index (Phi) is 4.48. The molecule has 3 nitrogen and oxygen atoms in total. The smallest absolute Gasteiger partial charge is 0.129 e. The quantitative estimate of drug-likeness (QED) is 0.838. The number of benzene rings is 1. The van der Waals surface area contributed by atoms with Gasteiger partial charge in [0.2, 0.25) is 0 Å². The molecule has 0 saturated heterocycles. The first-order chi connectivity index (χ1) is 7.83. The maximum absolute atomic E-state index is 5.70. The summed E-state index contributed by atoms with van der Waals surface area (Å²) in [5.41, 5.74) is 7.27. The Morgan fingerprint density at radius 1 is 1.35 bits per heavy atom. The van der Waals surface area contributed by atoms with E-state index in [1.807, 2.05) is 39.0 Å². The summed E-state index contributed by atoms with van der Waals surface area (Å²) in [6.45, 7) is 6.59. The maximum atomic E-state index is 5.70. The third-order valence-electron chi connectivity index (χ3n) is 2.20. The minimum atomic E-state index is -0.163. The van der Waals surface area contributed by atoms with E-state index in [9.17, 15) is 0 Å². The van der Waals surface area contributed by atoms with Crippen molar-refractivity contribution < 1.29 is 9.47 Å². The monoisotopic (exact) mass is 253 g/mol. The van der Waals surface area contributed by atoms with Crippen LogP contribution in [0.4, 0.5) is 0 Å². The van der Waals surface area contributed by atoms with Gasteiger partial charge < -0.3 is 15.2 Å². The van der Waals surface area contributed by atoms with Crippen molar-refractivity contribution in [1.29, 1.82) is 0 Å². The van der Waals surface area contributed by atoms with Crippen molar-refractivity contribution in [1.82, 2.24) is 0 Å². The fraction of sp³-hybridized carbons (Fsp3) is 0.462. The van der Waals surface area contributed by atoms with E-state index in [2.05, 4.69) is 0 Å². The molecular formula is C13H19NO2S. The highest BCUT2D eigenvalue weighted by molar-refractivity contribution is 7.80. The molecule has 0 spiro atoms. The van der Waals surface area contributed by atoms with Crippen molar-refractivity contribution in [3.05, 3.63) is 29.3 Å². The van der Waals surface area contributed by atoms with Crippen LogP contribution in [-0.4, -0.2) is 17.7 Å². The summed E-state index contributed by atoms with van der Waals surface area (Å²) in [5.74, 6) is 0.692. The lowest BCUT2D eigenvalue weighted by molar-refractivity contribution is -0.0149. The normalized spacial score (nSPS) is 11.3. The molecule has 0 aliphatic heterocycles. The van der Waals surface area contributed by atoms with E-state index < -0.39 is 0 Å². The third kappa shape index (κ3) is 4.32. The van der Waals surface area contributed by atoms with Crippen LogP contribution in [0.2, 0.25) is 0 Å². The van der Waals surface area contributed by atoms with Crippen LogP contribution in [0.5, 0.6) is 5.75 Å². The molecule has 0 bridgehead atoms. The van der Waals surface area contributed by atoms with Crippen LogP contribution in [-0.2, 0) is 11.3 Å². The highest BCUT2D eigenvalue weighted by atomic mass is 32.1. The van der Waals surface area contributed by atoms with E-state index in [1.54, 1.807) is 7.11 Å². The molecule has 0 unspecified atom stereocenters. The molecule has 0 atom stereocenters. The lowest BCUT2D eigenvalue weighted by Gasteiger charge is -2.20. The number of thiocarbonyl (C=S) groups is 1. The molecule has 0 radical (unpaired) electrons. The Labute approximate surface area is 108 Å². The lowest BCUT2D eigenvalue weighted by atomic mass is 10.1. The molecule has 0 fully saturated rings. The molecule has 1 aromatic rings. The van der Waals surface area contributed by atoms with Gasteiger partial charge in [0.05, 0.1) is 24.9 Å². The second-order valence-corrected chi connectivity index (χ2v) is 5.24. The van der Waals surface area contributed by atoms with Crippen molar-refractivity contribution >= 4 is 17.2 Å². The van der Waals surface area contributed by atoms with Crippen LogP contribution in [0.15, 0.2) is 18.2 Å². The molecule has 1 rings (SSSR count). The average Bonchev–Trinajstić information content (AvgIpc) is 2.25. The second kappa shape index (κ2) is 5.47. The maximum Gasteiger partial charge on any atom is 0.129 e. The zero-order valence-corrected chi connectivity index (χ0v) is 11.6. The number of hydrogen-bond acceptors (Lipinski definition) is 3. The SMILES string of the molecule is COc1ccc(COC(C)(C)C)cc1C(N)=S. The molecule has 0 heterocycles. The van der Waals surface area contributed by atoms with E-state index in [-0.39, 0.29) is 5.60 Å². The summed E-state index contributed by atoms with van der Waals surface area (Å²) in [6.07, 6.45) is 0. The molecule has 1 aromatic carbocycles. The largest absolute Gasteiger partial charge is 0.496 e. The van der Waals surface area contributed by atoms with E-state index in [4.69, 9.17) is 27.4 Å². The summed E-state index contributed by atoms with van der Waals surface area (Å²) in [5, 5.41) is 0. The molecule has 0 aliphatic carbocycles. The molecule has 17 heavy (non-hydrogen) atoms. The topological polar surface area (TPSA) is 44.5 Å². The van der Waals surface area contributed by atoms with E-state index in [1.165, 1.54) is 0 Å². The Bertz CT molecular complexity index is 410. The van der Waals surface area contributed by atoms with Crippen molar-refractivity contribution in [3.63, 3.8) is 0 Å². The first-order valence-corrected chi connectivity index (χ1v) is 5.85. The van der Waals surface area contributed by atoms with Gasteiger partial charge in [-0.05, 0) is 38.5 Å². The van der Waals surface area contributed by atoms with Gasteiger partial charge in [-0.2, -0.15) is 0 Å². The Balaban J connectivity index is 2.89. The van der Waals surface area contributed by atoms with Crippen LogP contribution >= 0.6 is 12.2 Å². The number of hydrogen-bond donors (Lipinski definition) is 1. The van der Waals surface area contributed by atoms with Crippen LogP contribution in [0.3, 0.4) is 0 Å². The number of ether oxygens (including phenoxy) is 2. The predicted octanol–water partition coefficient (Wildman–Crippen LogP) is 2.64. The summed E-state index contributed by atoms with van der Waals surface area (Å²) in [7, 11) is 1.60. The average molecular weight is 253 g/mol. The predicted molar refractivity (Wildman–Crippen MR) is 73.4 cm³/mol. The summed E-state index contributed by atoms with van der Waals surface area (Å²) >= 11 is 4.99. The van der Waals surface area contributed by atoms with Gasteiger partial charge in [0.15, 0.2) is 0 Å². The summed E-state index contributed by atoms with van der Waals surface area (Å²) in [6, 6.07) is 5.72. The van der Waals surface area contributed by atoms with Gasteiger partial charge in [0.1, 0.15) is 10.7 Å². The van der Waals surface area contributed by atoms with Crippen LogP contribution in [0.25, 0.3) is 0 Å². The second-order valence-electron chi connectivity index (χ2n) is 4.80. The number of rotatable bonds is 4. The Hall–Kier alpha value is -1.13. The first-order valence-electron chi connectivity index (χ1n) is 5.44. The van der Waals surface area contributed by atoms with Gasteiger partial charge in [-0.1, -0.05) is 18.3 Å². The summed E-state index contributed by atoms with van der Waals surface area (Å²) in [4.78, 5) is 0.333. The van der Waals surface area contributed by atoms with Gasteiger partial charge in [-0.15, -0.1) is 0 Å². The van der Waals surface area contributed by atoms with Gasteiger partial charge in [0.25, 0.3) is 0 Å². The molecule has 94 valence electrons. The van der Waals surface area contributed by atoms with Crippen LogP contribution in [0.1, 0.15) is 31.9 Å². The van der Waals surface area contributed by atoms with Crippen molar-refractivity contribution in [2.24, 2.45) is 5.73 Å². The molecule has 0 amide bonds. The fourth-order valence-electron chi connectivity index (χ4n) is 1.34.